The molecule has 0 bridgehead atoms. The van der Waals surface area contributed by atoms with E-state index in [-0.39, 0.29) is 0 Å². The lowest BCUT2D eigenvalue weighted by Crippen LogP contribution is -2.09. The number of pyridine rings is 1. The average molecular weight is 244 g/mol. The van der Waals surface area contributed by atoms with Crippen LogP contribution in [0.25, 0.3) is 5.65 Å². The van der Waals surface area contributed by atoms with Crippen LogP contribution in [0.5, 0.6) is 0 Å². The third-order valence-electron chi connectivity index (χ3n) is 3.86. The van der Waals surface area contributed by atoms with E-state index >= 15 is 0 Å². The molecule has 0 aliphatic heterocycles. The van der Waals surface area contributed by atoms with Crippen LogP contribution in [-0.2, 0) is 25.7 Å². The molecule has 0 N–H and O–H groups in total. The Labute approximate surface area is 110 Å². The smallest absolute Gasteiger partial charge is 0.140 e. The van der Waals surface area contributed by atoms with Crippen molar-refractivity contribution in [3.05, 3.63) is 34.3 Å². The van der Waals surface area contributed by atoms with Crippen molar-refractivity contribution in [3.63, 3.8) is 0 Å². The summed E-state index contributed by atoms with van der Waals surface area (Å²) in [6, 6.07) is 0. The maximum absolute atomic E-state index is 4.74. The summed E-state index contributed by atoms with van der Waals surface area (Å²) in [7, 11) is 0. The Morgan fingerprint density at radius 1 is 0.889 bits per heavy atom. The molecule has 2 heteroatoms. The molecular weight excluding hydrogens is 220 g/mol. The van der Waals surface area contributed by atoms with Gasteiger partial charge in [-0.2, -0.15) is 0 Å². The molecule has 0 saturated carbocycles. The van der Waals surface area contributed by atoms with Crippen molar-refractivity contribution in [2.75, 3.05) is 0 Å². The number of imidazole rings is 1. The Morgan fingerprint density at radius 3 is 2.00 bits per heavy atom. The molecule has 0 aliphatic carbocycles. The second kappa shape index (κ2) is 5.13. The zero-order valence-electron chi connectivity index (χ0n) is 12.3. The van der Waals surface area contributed by atoms with Gasteiger partial charge in [0.2, 0.25) is 0 Å². The number of hydrogen-bond donors (Lipinski definition) is 0. The summed E-state index contributed by atoms with van der Waals surface area (Å²) in [6.45, 7) is 11.1. The first-order valence-corrected chi connectivity index (χ1v) is 7.18. The van der Waals surface area contributed by atoms with Crippen molar-refractivity contribution in [1.82, 2.24) is 9.38 Å². The van der Waals surface area contributed by atoms with Gasteiger partial charge in [-0.3, -0.25) is 0 Å². The molecule has 0 atom stereocenters. The molecule has 0 saturated heterocycles. The molecule has 0 fully saturated rings. The molecule has 0 amide bonds. The van der Waals surface area contributed by atoms with Gasteiger partial charge in [-0.05, 0) is 49.3 Å². The average Bonchev–Trinajstić information content (AvgIpc) is 2.76. The summed E-state index contributed by atoms with van der Waals surface area (Å²) in [5.74, 6) is 0. The Hall–Kier alpha value is -1.31. The minimum atomic E-state index is 1.07. The van der Waals surface area contributed by atoms with Gasteiger partial charge < -0.3 is 4.40 Å². The molecule has 0 aromatic carbocycles. The Bertz CT molecular complexity index is 515. The lowest BCUT2D eigenvalue weighted by molar-refractivity contribution is 0.874. The predicted octanol–water partition coefficient (Wildman–Crippen LogP) is 3.89. The van der Waals surface area contributed by atoms with E-state index in [1.807, 2.05) is 0 Å². The van der Waals surface area contributed by atoms with E-state index in [1.165, 1.54) is 22.5 Å². The Balaban J connectivity index is 2.93. The number of aromatic nitrogens is 2. The van der Waals surface area contributed by atoms with E-state index in [2.05, 4.69) is 45.2 Å². The van der Waals surface area contributed by atoms with Gasteiger partial charge in [0.05, 0.1) is 5.69 Å². The standard InChI is InChI=1S/C16H24N2/c1-6-12-13(7-2)15(9-4)18-10-11(5)17-16(18)14(12)8-3/h10H,6-9H2,1-5H3. The highest BCUT2D eigenvalue weighted by molar-refractivity contribution is 5.58. The fraction of sp³-hybridized carbons (Fsp3) is 0.562. The number of rotatable bonds is 4. The minimum absolute atomic E-state index is 1.07. The van der Waals surface area contributed by atoms with E-state index in [1.54, 1.807) is 5.56 Å². The molecule has 2 aromatic rings. The van der Waals surface area contributed by atoms with Crippen molar-refractivity contribution in [2.45, 2.75) is 60.3 Å². The first-order valence-electron chi connectivity index (χ1n) is 7.18. The normalized spacial score (nSPS) is 11.4. The van der Waals surface area contributed by atoms with Crippen LogP contribution >= 0.6 is 0 Å². The van der Waals surface area contributed by atoms with Crippen LogP contribution in [0.2, 0.25) is 0 Å². The third kappa shape index (κ3) is 1.84. The van der Waals surface area contributed by atoms with E-state index < -0.39 is 0 Å². The van der Waals surface area contributed by atoms with Crippen LogP contribution < -0.4 is 0 Å². The molecule has 0 radical (unpaired) electrons. The van der Waals surface area contributed by atoms with Gasteiger partial charge in [0, 0.05) is 11.9 Å². The van der Waals surface area contributed by atoms with Gasteiger partial charge >= 0.3 is 0 Å². The number of hydrogen-bond acceptors (Lipinski definition) is 1. The Kier molecular flexibility index (Phi) is 3.74. The summed E-state index contributed by atoms with van der Waals surface area (Å²) in [5.41, 5.74) is 8.27. The van der Waals surface area contributed by atoms with Gasteiger partial charge in [-0.15, -0.1) is 0 Å². The second-order valence-electron chi connectivity index (χ2n) is 4.87. The maximum atomic E-state index is 4.74. The molecule has 0 unspecified atom stereocenters. The number of fused-ring (bicyclic) bond motifs is 1. The predicted molar refractivity (Wildman–Crippen MR) is 77.4 cm³/mol. The summed E-state index contributed by atoms with van der Waals surface area (Å²) in [4.78, 5) is 4.74. The summed E-state index contributed by atoms with van der Waals surface area (Å²) in [5, 5.41) is 0. The highest BCUT2D eigenvalue weighted by Gasteiger charge is 2.16. The zero-order chi connectivity index (χ0) is 13.3. The van der Waals surface area contributed by atoms with E-state index in [0.29, 0.717) is 0 Å². The van der Waals surface area contributed by atoms with Crippen LogP contribution in [0.4, 0.5) is 0 Å². The van der Waals surface area contributed by atoms with Gasteiger partial charge in [0.25, 0.3) is 0 Å². The van der Waals surface area contributed by atoms with Crippen molar-refractivity contribution in [3.8, 4) is 0 Å². The summed E-state index contributed by atoms with van der Waals surface area (Å²) in [6.07, 6.45) is 6.56. The molecule has 18 heavy (non-hydrogen) atoms. The van der Waals surface area contributed by atoms with Crippen LogP contribution in [0.3, 0.4) is 0 Å². The third-order valence-corrected chi connectivity index (χ3v) is 3.86. The SMILES string of the molecule is CCc1c(CC)c(CC)n2cc(C)nc2c1CC. The molecule has 0 aliphatic rings. The van der Waals surface area contributed by atoms with Crippen molar-refractivity contribution < 1.29 is 0 Å². The van der Waals surface area contributed by atoms with Gasteiger partial charge in [0.15, 0.2) is 0 Å². The highest BCUT2D eigenvalue weighted by Crippen LogP contribution is 2.26. The van der Waals surface area contributed by atoms with Crippen LogP contribution in [-0.4, -0.2) is 9.38 Å². The molecular formula is C16H24N2. The second-order valence-corrected chi connectivity index (χ2v) is 4.87. The van der Waals surface area contributed by atoms with E-state index in [4.69, 9.17) is 4.98 Å². The lowest BCUT2D eigenvalue weighted by atomic mass is 9.94. The quantitative estimate of drug-likeness (QED) is 0.797. The molecule has 98 valence electrons. The fourth-order valence-electron chi connectivity index (χ4n) is 3.15. The topological polar surface area (TPSA) is 17.3 Å². The monoisotopic (exact) mass is 244 g/mol. The van der Waals surface area contributed by atoms with Gasteiger partial charge in [0.1, 0.15) is 5.65 Å². The Morgan fingerprint density at radius 2 is 1.50 bits per heavy atom. The van der Waals surface area contributed by atoms with Crippen molar-refractivity contribution >= 4 is 5.65 Å². The molecule has 2 aromatic heterocycles. The number of nitrogens with zero attached hydrogens (tertiary/aromatic N) is 2. The fourth-order valence-corrected chi connectivity index (χ4v) is 3.15. The molecule has 2 nitrogen and oxygen atoms in total. The summed E-state index contributed by atoms with van der Waals surface area (Å²) >= 11 is 0. The first kappa shape index (κ1) is 13.1. The van der Waals surface area contributed by atoms with E-state index in [0.717, 1.165) is 31.4 Å². The first-order chi connectivity index (χ1) is 8.67. The summed E-state index contributed by atoms with van der Waals surface area (Å²) < 4.78 is 2.33. The van der Waals surface area contributed by atoms with Crippen LogP contribution in [0.1, 0.15) is 55.8 Å². The van der Waals surface area contributed by atoms with Gasteiger partial charge in [-0.25, -0.2) is 4.98 Å². The van der Waals surface area contributed by atoms with Gasteiger partial charge in [-0.1, -0.05) is 27.7 Å². The lowest BCUT2D eigenvalue weighted by Gasteiger charge is -2.18. The largest absolute Gasteiger partial charge is 0.303 e. The highest BCUT2D eigenvalue weighted by atomic mass is 15.0. The molecule has 2 rings (SSSR count). The van der Waals surface area contributed by atoms with Crippen LogP contribution in [0, 0.1) is 6.92 Å². The van der Waals surface area contributed by atoms with Crippen molar-refractivity contribution in [2.24, 2.45) is 0 Å². The van der Waals surface area contributed by atoms with Crippen molar-refractivity contribution in [1.29, 1.82) is 0 Å². The molecule has 2 heterocycles. The van der Waals surface area contributed by atoms with E-state index in [9.17, 15) is 0 Å². The minimum Gasteiger partial charge on any atom is -0.303 e. The van der Waals surface area contributed by atoms with Crippen LogP contribution in [0.15, 0.2) is 6.20 Å². The number of aryl methyl sites for hydroxylation is 3. The molecule has 0 spiro atoms. The maximum Gasteiger partial charge on any atom is 0.140 e. The zero-order valence-corrected chi connectivity index (χ0v) is 12.3.